The highest BCUT2D eigenvalue weighted by Gasteiger charge is 2.05. The number of methoxy groups -OCH3 is 1. The average molecular weight is 350 g/mol. The maximum Gasteiger partial charge on any atom is 0.252 e. The van der Waals surface area contributed by atoms with Crippen LogP contribution in [-0.2, 0) is 4.74 Å². The molecule has 2 rings (SSSR count). The van der Waals surface area contributed by atoms with E-state index >= 15 is 0 Å². The van der Waals surface area contributed by atoms with Crippen LogP contribution in [0.3, 0.4) is 0 Å². The Morgan fingerprint density at radius 3 is 2.62 bits per heavy atom. The number of benzene rings is 1. The van der Waals surface area contributed by atoms with Crippen molar-refractivity contribution in [3.8, 4) is 0 Å². The quantitative estimate of drug-likeness (QED) is 0.787. The molecule has 6 heteroatoms. The Kier molecular flexibility index (Phi) is 5.71. The van der Waals surface area contributed by atoms with E-state index in [1.807, 2.05) is 24.3 Å². The summed E-state index contributed by atoms with van der Waals surface area (Å²) in [6, 6.07) is 11.3. The molecule has 2 aromatic rings. The summed E-state index contributed by atoms with van der Waals surface area (Å²) in [7, 11) is 1.59. The molecule has 21 heavy (non-hydrogen) atoms. The van der Waals surface area contributed by atoms with Gasteiger partial charge in [0.05, 0.1) is 12.2 Å². The van der Waals surface area contributed by atoms with Crippen molar-refractivity contribution >= 4 is 33.3 Å². The van der Waals surface area contributed by atoms with Gasteiger partial charge >= 0.3 is 0 Å². The molecule has 0 radical (unpaired) electrons. The summed E-state index contributed by atoms with van der Waals surface area (Å²) in [5.41, 5.74) is 1.45. The molecule has 1 aromatic heterocycles. The first-order chi connectivity index (χ1) is 10.2. The van der Waals surface area contributed by atoms with Gasteiger partial charge in [-0.1, -0.05) is 15.9 Å². The third kappa shape index (κ3) is 4.84. The van der Waals surface area contributed by atoms with Gasteiger partial charge in [0, 0.05) is 30.0 Å². The highest BCUT2D eigenvalue weighted by atomic mass is 79.9. The number of carbonyl (C=O) groups excluding carboxylic acids is 1. The van der Waals surface area contributed by atoms with E-state index in [1.54, 1.807) is 25.4 Å². The minimum atomic E-state index is -0.158. The highest BCUT2D eigenvalue weighted by Crippen LogP contribution is 2.17. The van der Waals surface area contributed by atoms with Crippen molar-refractivity contribution in [2.24, 2.45) is 0 Å². The lowest BCUT2D eigenvalue weighted by Crippen LogP contribution is -2.26. The van der Waals surface area contributed by atoms with E-state index in [9.17, 15) is 4.79 Å². The van der Waals surface area contributed by atoms with Crippen LogP contribution in [0.2, 0.25) is 0 Å². The predicted octanol–water partition coefficient (Wildman–Crippen LogP) is 2.96. The SMILES string of the molecule is COCCNC(=O)c1ccc(Nc2ccc(Br)cc2)nc1. The molecule has 0 spiro atoms. The summed E-state index contributed by atoms with van der Waals surface area (Å²) in [6.07, 6.45) is 1.54. The molecule has 0 saturated carbocycles. The summed E-state index contributed by atoms with van der Waals surface area (Å²) in [5.74, 6) is 0.528. The number of hydrogen-bond acceptors (Lipinski definition) is 4. The summed E-state index contributed by atoms with van der Waals surface area (Å²) < 4.78 is 5.90. The van der Waals surface area contributed by atoms with Crippen LogP contribution >= 0.6 is 15.9 Å². The van der Waals surface area contributed by atoms with E-state index in [1.165, 1.54) is 0 Å². The summed E-state index contributed by atoms with van der Waals surface area (Å²) >= 11 is 3.39. The molecule has 0 saturated heterocycles. The number of amides is 1. The second-order valence-corrected chi connectivity index (χ2v) is 5.23. The molecule has 0 fully saturated rings. The molecule has 5 nitrogen and oxygen atoms in total. The Balaban J connectivity index is 1.95. The van der Waals surface area contributed by atoms with Crippen molar-refractivity contribution in [2.75, 3.05) is 25.6 Å². The van der Waals surface area contributed by atoms with Crippen LogP contribution in [0.25, 0.3) is 0 Å². The van der Waals surface area contributed by atoms with Crippen molar-refractivity contribution in [3.05, 3.63) is 52.6 Å². The van der Waals surface area contributed by atoms with Gasteiger partial charge in [-0.25, -0.2) is 4.98 Å². The molecule has 1 heterocycles. The zero-order valence-corrected chi connectivity index (χ0v) is 13.2. The molecule has 2 N–H and O–H groups in total. The zero-order valence-electron chi connectivity index (χ0n) is 11.6. The number of ether oxygens (including phenoxy) is 1. The second-order valence-electron chi connectivity index (χ2n) is 4.31. The topological polar surface area (TPSA) is 63.2 Å². The Bertz CT molecular complexity index is 585. The Hall–Kier alpha value is -1.92. The van der Waals surface area contributed by atoms with Crippen molar-refractivity contribution in [1.82, 2.24) is 10.3 Å². The fraction of sp³-hybridized carbons (Fsp3) is 0.200. The number of nitrogens with one attached hydrogen (secondary N) is 2. The average Bonchev–Trinajstić information content (AvgIpc) is 2.50. The second kappa shape index (κ2) is 7.75. The molecule has 1 amide bonds. The van der Waals surface area contributed by atoms with E-state index in [0.29, 0.717) is 24.5 Å². The van der Waals surface area contributed by atoms with Crippen molar-refractivity contribution in [3.63, 3.8) is 0 Å². The first-order valence-corrected chi connectivity index (χ1v) is 7.24. The number of carbonyl (C=O) groups is 1. The smallest absolute Gasteiger partial charge is 0.252 e. The summed E-state index contributed by atoms with van der Waals surface area (Å²) in [6.45, 7) is 0.969. The van der Waals surface area contributed by atoms with Gasteiger partial charge in [-0.15, -0.1) is 0 Å². The van der Waals surface area contributed by atoms with Crippen molar-refractivity contribution in [1.29, 1.82) is 0 Å². The lowest BCUT2D eigenvalue weighted by molar-refractivity contribution is 0.0937. The minimum absolute atomic E-state index is 0.158. The van der Waals surface area contributed by atoms with Crippen LogP contribution in [0.1, 0.15) is 10.4 Å². The molecular weight excluding hydrogens is 334 g/mol. The largest absolute Gasteiger partial charge is 0.383 e. The number of hydrogen-bond donors (Lipinski definition) is 2. The number of nitrogens with zero attached hydrogens (tertiary/aromatic N) is 1. The monoisotopic (exact) mass is 349 g/mol. The van der Waals surface area contributed by atoms with E-state index < -0.39 is 0 Å². The lowest BCUT2D eigenvalue weighted by atomic mass is 10.2. The van der Waals surface area contributed by atoms with Gasteiger partial charge in [0.25, 0.3) is 5.91 Å². The Morgan fingerprint density at radius 2 is 2.00 bits per heavy atom. The molecule has 1 aromatic carbocycles. The molecule has 0 bridgehead atoms. The predicted molar refractivity (Wildman–Crippen MR) is 85.9 cm³/mol. The van der Waals surface area contributed by atoms with E-state index in [-0.39, 0.29) is 5.91 Å². The molecule has 0 aliphatic carbocycles. The van der Waals surface area contributed by atoms with Crippen LogP contribution in [0.4, 0.5) is 11.5 Å². The van der Waals surface area contributed by atoms with E-state index in [0.717, 1.165) is 10.2 Å². The number of aromatic nitrogens is 1. The molecule has 0 atom stereocenters. The van der Waals surface area contributed by atoms with E-state index in [2.05, 4.69) is 31.5 Å². The van der Waals surface area contributed by atoms with Gasteiger partial charge in [0.15, 0.2) is 0 Å². The fourth-order valence-corrected chi connectivity index (χ4v) is 1.92. The van der Waals surface area contributed by atoms with Gasteiger partial charge in [-0.2, -0.15) is 0 Å². The summed E-state index contributed by atoms with van der Waals surface area (Å²) in [5, 5.41) is 5.91. The van der Waals surface area contributed by atoms with Crippen LogP contribution in [-0.4, -0.2) is 31.2 Å². The van der Waals surface area contributed by atoms with Gasteiger partial charge < -0.3 is 15.4 Å². The molecular formula is C15H16BrN3O2. The Labute approximate surface area is 131 Å². The van der Waals surface area contributed by atoms with Gasteiger partial charge in [-0.05, 0) is 36.4 Å². The van der Waals surface area contributed by atoms with Crippen LogP contribution in [0.5, 0.6) is 0 Å². The molecule has 110 valence electrons. The lowest BCUT2D eigenvalue weighted by Gasteiger charge is -2.07. The normalized spacial score (nSPS) is 10.2. The number of anilines is 2. The van der Waals surface area contributed by atoms with Gasteiger partial charge in [-0.3, -0.25) is 4.79 Å². The Morgan fingerprint density at radius 1 is 1.24 bits per heavy atom. The standard InChI is InChI=1S/C15H16BrN3O2/c1-21-9-8-17-15(20)11-2-7-14(18-10-11)19-13-5-3-12(16)4-6-13/h2-7,10H,8-9H2,1H3,(H,17,20)(H,18,19). The number of halogens is 1. The molecule has 0 aliphatic rings. The van der Waals surface area contributed by atoms with Gasteiger partial charge in [0.1, 0.15) is 5.82 Å². The molecule has 0 aliphatic heterocycles. The van der Waals surface area contributed by atoms with Gasteiger partial charge in [0.2, 0.25) is 0 Å². The van der Waals surface area contributed by atoms with Crippen LogP contribution in [0, 0.1) is 0 Å². The third-order valence-electron chi connectivity index (χ3n) is 2.73. The fourth-order valence-electron chi connectivity index (χ4n) is 1.65. The van der Waals surface area contributed by atoms with Crippen molar-refractivity contribution < 1.29 is 9.53 Å². The third-order valence-corrected chi connectivity index (χ3v) is 3.26. The maximum atomic E-state index is 11.8. The van der Waals surface area contributed by atoms with E-state index in [4.69, 9.17) is 4.74 Å². The maximum absolute atomic E-state index is 11.8. The minimum Gasteiger partial charge on any atom is -0.383 e. The zero-order chi connectivity index (χ0) is 15.1. The van der Waals surface area contributed by atoms with Crippen LogP contribution in [0.15, 0.2) is 47.1 Å². The number of rotatable bonds is 6. The molecule has 0 unspecified atom stereocenters. The first kappa shape index (κ1) is 15.5. The number of pyridine rings is 1. The highest BCUT2D eigenvalue weighted by molar-refractivity contribution is 9.10. The first-order valence-electron chi connectivity index (χ1n) is 6.45. The van der Waals surface area contributed by atoms with Crippen molar-refractivity contribution in [2.45, 2.75) is 0 Å². The van der Waals surface area contributed by atoms with Crippen LogP contribution < -0.4 is 10.6 Å². The summed E-state index contributed by atoms with van der Waals surface area (Å²) in [4.78, 5) is 16.0.